The van der Waals surface area contributed by atoms with E-state index in [1.54, 1.807) is 48.5 Å². The lowest BCUT2D eigenvalue weighted by Crippen LogP contribution is -2.17. The van der Waals surface area contributed by atoms with E-state index >= 15 is 0 Å². The Bertz CT molecular complexity index is 589. The summed E-state index contributed by atoms with van der Waals surface area (Å²) in [6.45, 7) is 0. The average molecular weight is 255 g/mol. The second kappa shape index (κ2) is 5.68. The lowest BCUT2D eigenvalue weighted by Gasteiger charge is -2.00. The Kier molecular flexibility index (Phi) is 3.78. The highest BCUT2D eigenvalue weighted by Crippen LogP contribution is 2.08. The van der Waals surface area contributed by atoms with E-state index in [4.69, 9.17) is 10.8 Å². The molecule has 1 amide bonds. The van der Waals surface area contributed by atoms with Crippen molar-refractivity contribution in [3.05, 3.63) is 59.7 Å². The molecule has 19 heavy (non-hydrogen) atoms. The Balaban J connectivity index is 1.96. The zero-order valence-electron chi connectivity index (χ0n) is 10.1. The zero-order valence-corrected chi connectivity index (χ0v) is 10.1. The molecule has 5 heteroatoms. The average Bonchev–Trinajstić information content (AvgIpc) is 2.41. The number of nitrogen functional groups attached to an aromatic ring is 1. The molecule has 0 heterocycles. The van der Waals surface area contributed by atoms with Crippen molar-refractivity contribution in [1.82, 2.24) is 5.43 Å². The van der Waals surface area contributed by atoms with Crippen LogP contribution >= 0.6 is 0 Å². The van der Waals surface area contributed by atoms with Crippen LogP contribution in [0.25, 0.3) is 0 Å². The smallest absolute Gasteiger partial charge is 0.271 e. The van der Waals surface area contributed by atoms with Crippen LogP contribution in [-0.4, -0.2) is 17.2 Å². The van der Waals surface area contributed by atoms with Crippen LogP contribution in [0.15, 0.2) is 53.6 Å². The maximum absolute atomic E-state index is 11.7. The number of carbonyl (C=O) groups is 1. The molecule has 2 aromatic carbocycles. The summed E-state index contributed by atoms with van der Waals surface area (Å²) in [5.74, 6) is -0.127. The lowest BCUT2D eigenvalue weighted by molar-refractivity contribution is 0.0955. The van der Waals surface area contributed by atoms with Gasteiger partial charge in [0.25, 0.3) is 5.91 Å². The number of hydrogen-bond donors (Lipinski definition) is 3. The van der Waals surface area contributed by atoms with E-state index in [2.05, 4.69) is 10.5 Å². The fraction of sp³-hybridized carbons (Fsp3) is 0. The van der Waals surface area contributed by atoms with E-state index in [1.165, 1.54) is 6.21 Å². The minimum Gasteiger partial charge on any atom is -0.508 e. The summed E-state index contributed by atoms with van der Waals surface area (Å²) in [6.07, 6.45) is 1.49. The Morgan fingerprint density at radius 1 is 1.11 bits per heavy atom. The van der Waals surface area contributed by atoms with Crippen LogP contribution in [0.3, 0.4) is 0 Å². The number of anilines is 1. The van der Waals surface area contributed by atoms with Crippen molar-refractivity contribution >= 4 is 17.8 Å². The molecule has 0 bridgehead atoms. The van der Waals surface area contributed by atoms with Gasteiger partial charge in [-0.3, -0.25) is 4.79 Å². The highest BCUT2D eigenvalue weighted by Gasteiger charge is 2.02. The molecule has 4 N–H and O–H groups in total. The topological polar surface area (TPSA) is 87.7 Å². The first-order valence-electron chi connectivity index (χ1n) is 5.63. The third-order valence-electron chi connectivity index (χ3n) is 2.45. The van der Waals surface area contributed by atoms with Gasteiger partial charge in [-0.1, -0.05) is 0 Å². The highest BCUT2D eigenvalue weighted by molar-refractivity contribution is 5.95. The summed E-state index contributed by atoms with van der Waals surface area (Å²) in [5, 5.41) is 12.9. The lowest BCUT2D eigenvalue weighted by atomic mass is 10.2. The normalized spacial score (nSPS) is 10.5. The van der Waals surface area contributed by atoms with E-state index in [9.17, 15) is 4.79 Å². The quantitative estimate of drug-likeness (QED) is 0.443. The van der Waals surface area contributed by atoms with Crippen LogP contribution in [0.1, 0.15) is 15.9 Å². The maximum atomic E-state index is 11.7. The Morgan fingerprint density at radius 3 is 2.37 bits per heavy atom. The molecule has 0 atom stereocenters. The minimum absolute atomic E-state index is 0.183. The number of hydrogen-bond acceptors (Lipinski definition) is 4. The van der Waals surface area contributed by atoms with Gasteiger partial charge in [-0.05, 0) is 54.1 Å². The van der Waals surface area contributed by atoms with Crippen molar-refractivity contribution in [2.45, 2.75) is 0 Å². The van der Waals surface area contributed by atoms with Gasteiger partial charge < -0.3 is 10.8 Å². The molecule has 96 valence electrons. The summed E-state index contributed by atoms with van der Waals surface area (Å²) in [6, 6.07) is 13.0. The second-order valence-corrected chi connectivity index (χ2v) is 3.91. The standard InChI is InChI=1S/C14H13N3O2/c15-12-5-3-11(4-6-12)14(19)17-16-9-10-1-7-13(18)8-2-10/h1-9,18H,15H2,(H,17,19). The first-order valence-corrected chi connectivity index (χ1v) is 5.63. The van der Waals surface area contributed by atoms with E-state index < -0.39 is 0 Å². The van der Waals surface area contributed by atoms with Crippen molar-refractivity contribution in [2.24, 2.45) is 5.10 Å². The minimum atomic E-state index is -0.310. The van der Waals surface area contributed by atoms with Crippen LogP contribution in [0.4, 0.5) is 5.69 Å². The number of phenols is 1. The van der Waals surface area contributed by atoms with Gasteiger partial charge in [-0.2, -0.15) is 5.10 Å². The van der Waals surface area contributed by atoms with E-state index in [0.29, 0.717) is 11.3 Å². The number of nitrogens with one attached hydrogen (secondary N) is 1. The van der Waals surface area contributed by atoms with Gasteiger partial charge in [-0.15, -0.1) is 0 Å². The first kappa shape index (κ1) is 12.6. The summed E-state index contributed by atoms with van der Waals surface area (Å²) >= 11 is 0. The van der Waals surface area contributed by atoms with Crippen molar-refractivity contribution in [1.29, 1.82) is 0 Å². The van der Waals surface area contributed by atoms with Crippen molar-refractivity contribution in [3.63, 3.8) is 0 Å². The highest BCUT2D eigenvalue weighted by atomic mass is 16.3. The number of rotatable bonds is 3. The van der Waals surface area contributed by atoms with E-state index in [1.807, 2.05) is 0 Å². The molecule has 5 nitrogen and oxygen atoms in total. The van der Waals surface area contributed by atoms with Crippen LogP contribution in [0.5, 0.6) is 5.75 Å². The Hall–Kier alpha value is -2.82. The molecule has 0 saturated carbocycles. The predicted octanol–water partition coefficient (Wildman–Crippen LogP) is 1.74. The number of carbonyl (C=O) groups excluding carboxylic acids is 1. The van der Waals surface area contributed by atoms with Crippen LogP contribution in [-0.2, 0) is 0 Å². The van der Waals surface area contributed by atoms with E-state index in [0.717, 1.165) is 5.56 Å². The SMILES string of the molecule is Nc1ccc(C(=O)NN=Cc2ccc(O)cc2)cc1. The fourth-order valence-electron chi connectivity index (χ4n) is 1.42. The third-order valence-corrected chi connectivity index (χ3v) is 2.45. The summed E-state index contributed by atoms with van der Waals surface area (Å²) in [4.78, 5) is 11.7. The summed E-state index contributed by atoms with van der Waals surface area (Å²) < 4.78 is 0. The molecule has 0 aliphatic rings. The van der Waals surface area contributed by atoms with E-state index in [-0.39, 0.29) is 11.7 Å². The molecule has 0 radical (unpaired) electrons. The van der Waals surface area contributed by atoms with Crippen LogP contribution < -0.4 is 11.2 Å². The molecule has 0 saturated heterocycles. The Labute approximate surface area is 110 Å². The Morgan fingerprint density at radius 2 is 1.74 bits per heavy atom. The number of benzene rings is 2. The second-order valence-electron chi connectivity index (χ2n) is 3.91. The van der Waals surface area contributed by atoms with Crippen molar-refractivity contribution < 1.29 is 9.90 Å². The van der Waals surface area contributed by atoms with Gasteiger partial charge in [0, 0.05) is 11.3 Å². The summed E-state index contributed by atoms with van der Waals surface area (Å²) in [7, 11) is 0. The number of hydrazone groups is 1. The molecule has 0 spiro atoms. The molecule has 0 fully saturated rings. The molecule has 0 aliphatic carbocycles. The van der Waals surface area contributed by atoms with Gasteiger partial charge in [0.1, 0.15) is 5.75 Å². The monoisotopic (exact) mass is 255 g/mol. The number of aromatic hydroxyl groups is 1. The number of nitrogens with two attached hydrogens (primary N) is 1. The number of phenolic OH excluding ortho intramolecular Hbond substituents is 1. The predicted molar refractivity (Wildman–Crippen MR) is 74.0 cm³/mol. The third kappa shape index (κ3) is 3.57. The molecule has 2 aromatic rings. The van der Waals surface area contributed by atoms with Crippen molar-refractivity contribution in [3.8, 4) is 5.75 Å². The molecular formula is C14H13N3O2. The molecule has 2 rings (SSSR count). The van der Waals surface area contributed by atoms with Crippen molar-refractivity contribution in [2.75, 3.05) is 5.73 Å². The van der Waals surface area contributed by atoms with Gasteiger partial charge in [0.2, 0.25) is 0 Å². The molecule has 0 aliphatic heterocycles. The maximum Gasteiger partial charge on any atom is 0.271 e. The van der Waals surface area contributed by atoms with Gasteiger partial charge in [0.05, 0.1) is 6.21 Å². The van der Waals surface area contributed by atoms with Gasteiger partial charge >= 0.3 is 0 Å². The van der Waals surface area contributed by atoms with Crippen LogP contribution in [0, 0.1) is 0 Å². The van der Waals surface area contributed by atoms with Gasteiger partial charge in [-0.25, -0.2) is 5.43 Å². The first-order chi connectivity index (χ1) is 9.15. The number of nitrogens with zero attached hydrogens (tertiary/aromatic N) is 1. The molecule has 0 unspecified atom stereocenters. The summed E-state index contributed by atoms with van der Waals surface area (Å²) in [5.41, 5.74) is 9.80. The fourth-order valence-corrected chi connectivity index (χ4v) is 1.42. The largest absolute Gasteiger partial charge is 0.508 e. The molecule has 0 aromatic heterocycles. The number of amides is 1. The van der Waals surface area contributed by atoms with Gasteiger partial charge in [0.15, 0.2) is 0 Å². The van der Waals surface area contributed by atoms with Crippen LogP contribution in [0.2, 0.25) is 0 Å². The molecular weight excluding hydrogens is 242 g/mol. The zero-order chi connectivity index (χ0) is 13.7.